The van der Waals surface area contributed by atoms with Gasteiger partial charge in [-0.2, -0.15) is 11.8 Å². The third-order valence-corrected chi connectivity index (χ3v) is 5.08. The van der Waals surface area contributed by atoms with Gasteiger partial charge in [-0.3, -0.25) is 0 Å². The zero-order chi connectivity index (χ0) is 11.6. The van der Waals surface area contributed by atoms with Crippen LogP contribution in [0.4, 0.5) is 0 Å². The van der Waals surface area contributed by atoms with Crippen LogP contribution in [-0.4, -0.2) is 17.5 Å². The predicted octanol–water partition coefficient (Wildman–Crippen LogP) is 3.63. The highest BCUT2D eigenvalue weighted by atomic mass is 35.5. The Morgan fingerprint density at radius 1 is 1.44 bits per heavy atom. The van der Waals surface area contributed by atoms with E-state index in [0.29, 0.717) is 4.75 Å². The first-order valence-corrected chi connectivity index (χ1v) is 7.26. The van der Waals surface area contributed by atoms with Gasteiger partial charge in [0.05, 0.1) is 0 Å². The maximum Gasteiger partial charge on any atom is 0.0438 e. The second-order valence-electron chi connectivity index (χ2n) is 4.57. The SMILES string of the molecule is CSC1(CNCc2ccc(C)c(Cl)c2)CC1. The van der Waals surface area contributed by atoms with Crippen molar-refractivity contribution < 1.29 is 0 Å². The van der Waals surface area contributed by atoms with Gasteiger partial charge >= 0.3 is 0 Å². The minimum atomic E-state index is 0.536. The smallest absolute Gasteiger partial charge is 0.0438 e. The van der Waals surface area contributed by atoms with Crippen molar-refractivity contribution in [3.8, 4) is 0 Å². The maximum absolute atomic E-state index is 6.09. The number of aryl methyl sites for hydroxylation is 1. The largest absolute Gasteiger partial charge is 0.311 e. The van der Waals surface area contributed by atoms with Gasteiger partial charge in [-0.15, -0.1) is 0 Å². The second-order valence-corrected chi connectivity index (χ2v) is 6.26. The summed E-state index contributed by atoms with van der Waals surface area (Å²) in [7, 11) is 0. The standard InChI is InChI=1S/C13H18ClNS/c1-10-3-4-11(7-12(10)14)8-15-9-13(16-2)5-6-13/h3-4,7,15H,5-6,8-9H2,1-2H3. The van der Waals surface area contributed by atoms with Gasteiger partial charge < -0.3 is 5.32 Å². The zero-order valence-corrected chi connectivity index (χ0v) is 11.4. The molecule has 0 spiro atoms. The van der Waals surface area contributed by atoms with Crippen LogP contribution in [0.5, 0.6) is 0 Å². The molecule has 16 heavy (non-hydrogen) atoms. The summed E-state index contributed by atoms with van der Waals surface area (Å²) >= 11 is 8.08. The summed E-state index contributed by atoms with van der Waals surface area (Å²) < 4.78 is 0.536. The van der Waals surface area contributed by atoms with Gasteiger partial charge in [0.25, 0.3) is 0 Å². The summed E-state index contributed by atoms with van der Waals surface area (Å²) in [5.41, 5.74) is 2.42. The Hall–Kier alpha value is -0.180. The first kappa shape index (κ1) is 12.3. The lowest BCUT2D eigenvalue weighted by Gasteiger charge is -2.13. The summed E-state index contributed by atoms with van der Waals surface area (Å²) in [6.45, 7) is 4.06. The van der Waals surface area contributed by atoms with E-state index in [2.05, 4.69) is 29.8 Å². The Morgan fingerprint density at radius 2 is 2.19 bits per heavy atom. The highest BCUT2D eigenvalue weighted by Crippen LogP contribution is 2.46. The zero-order valence-electron chi connectivity index (χ0n) is 9.85. The molecule has 1 nitrogen and oxygen atoms in total. The van der Waals surface area contributed by atoms with Crippen LogP contribution in [0.15, 0.2) is 18.2 Å². The molecule has 1 saturated carbocycles. The van der Waals surface area contributed by atoms with Crippen LogP contribution < -0.4 is 5.32 Å². The van der Waals surface area contributed by atoms with E-state index in [1.807, 2.05) is 18.7 Å². The maximum atomic E-state index is 6.09. The lowest BCUT2D eigenvalue weighted by atomic mass is 10.1. The lowest BCUT2D eigenvalue weighted by molar-refractivity contribution is 0.663. The number of nitrogens with one attached hydrogen (secondary N) is 1. The average molecular weight is 256 g/mol. The van der Waals surface area contributed by atoms with Crippen molar-refractivity contribution in [2.45, 2.75) is 31.1 Å². The van der Waals surface area contributed by atoms with Crippen LogP contribution >= 0.6 is 23.4 Å². The third kappa shape index (κ3) is 2.93. The Bertz CT molecular complexity index is 374. The molecule has 0 aliphatic heterocycles. The predicted molar refractivity (Wildman–Crippen MR) is 73.4 cm³/mol. The average Bonchev–Trinajstić information content (AvgIpc) is 3.04. The normalized spacial score (nSPS) is 17.4. The number of thioether (sulfide) groups is 1. The fourth-order valence-corrected chi connectivity index (χ4v) is 2.73. The van der Waals surface area contributed by atoms with E-state index in [-0.39, 0.29) is 0 Å². The molecule has 0 amide bonds. The molecule has 1 fully saturated rings. The summed E-state index contributed by atoms with van der Waals surface area (Å²) in [4.78, 5) is 0. The van der Waals surface area contributed by atoms with Crippen LogP contribution in [0.1, 0.15) is 24.0 Å². The van der Waals surface area contributed by atoms with Gasteiger partial charge in [0.15, 0.2) is 0 Å². The number of halogens is 1. The minimum absolute atomic E-state index is 0.536. The van der Waals surface area contributed by atoms with Crippen LogP contribution in [0.2, 0.25) is 5.02 Å². The Kier molecular flexibility index (Phi) is 3.83. The topological polar surface area (TPSA) is 12.0 Å². The van der Waals surface area contributed by atoms with E-state index in [1.54, 1.807) is 0 Å². The molecule has 1 aliphatic carbocycles. The van der Waals surface area contributed by atoms with Crippen molar-refractivity contribution in [2.24, 2.45) is 0 Å². The van der Waals surface area contributed by atoms with Crippen molar-refractivity contribution >= 4 is 23.4 Å². The molecule has 0 aromatic heterocycles. The van der Waals surface area contributed by atoms with E-state index in [0.717, 1.165) is 23.7 Å². The first-order valence-electron chi connectivity index (χ1n) is 5.66. The molecule has 1 aromatic carbocycles. The number of rotatable bonds is 5. The molecular weight excluding hydrogens is 238 g/mol. The molecule has 1 aromatic rings. The van der Waals surface area contributed by atoms with Crippen molar-refractivity contribution in [2.75, 3.05) is 12.8 Å². The monoisotopic (exact) mass is 255 g/mol. The fourth-order valence-electron chi connectivity index (χ4n) is 1.77. The molecule has 0 atom stereocenters. The molecule has 0 saturated heterocycles. The van der Waals surface area contributed by atoms with E-state index in [9.17, 15) is 0 Å². The molecular formula is C13H18ClNS. The van der Waals surface area contributed by atoms with E-state index < -0.39 is 0 Å². The van der Waals surface area contributed by atoms with Gasteiger partial charge in [-0.05, 0) is 43.2 Å². The van der Waals surface area contributed by atoms with Gasteiger partial charge in [0.1, 0.15) is 0 Å². The van der Waals surface area contributed by atoms with Crippen molar-refractivity contribution in [1.82, 2.24) is 5.32 Å². The van der Waals surface area contributed by atoms with Crippen molar-refractivity contribution in [3.05, 3.63) is 34.3 Å². The minimum Gasteiger partial charge on any atom is -0.311 e. The molecule has 0 bridgehead atoms. The lowest BCUT2D eigenvalue weighted by Crippen LogP contribution is -2.25. The third-order valence-electron chi connectivity index (χ3n) is 3.25. The van der Waals surface area contributed by atoms with E-state index in [1.165, 1.54) is 18.4 Å². The number of hydrogen-bond acceptors (Lipinski definition) is 2. The molecule has 88 valence electrons. The molecule has 0 heterocycles. The van der Waals surface area contributed by atoms with Crippen molar-refractivity contribution in [1.29, 1.82) is 0 Å². The van der Waals surface area contributed by atoms with Crippen LogP contribution in [0, 0.1) is 6.92 Å². The Morgan fingerprint density at radius 3 is 2.75 bits per heavy atom. The molecule has 1 N–H and O–H groups in total. The number of hydrogen-bond donors (Lipinski definition) is 1. The number of benzene rings is 1. The summed E-state index contributed by atoms with van der Waals surface area (Å²) in [5.74, 6) is 0. The highest BCUT2D eigenvalue weighted by Gasteiger charge is 2.41. The Balaban J connectivity index is 1.83. The van der Waals surface area contributed by atoms with Crippen LogP contribution in [0.25, 0.3) is 0 Å². The van der Waals surface area contributed by atoms with E-state index in [4.69, 9.17) is 11.6 Å². The molecule has 3 heteroatoms. The summed E-state index contributed by atoms with van der Waals surface area (Å²) in [6.07, 6.45) is 4.92. The fraction of sp³-hybridized carbons (Fsp3) is 0.538. The van der Waals surface area contributed by atoms with Gasteiger partial charge in [-0.25, -0.2) is 0 Å². The van der Waals surface area contributed by atoms with Crippen molar-refractivity contribution in [3.63, 3.8) is 0 Å². The molecule has 1 aliphatic rings. The van der Waals surface area contributed by atoms with Gasteiger partial charge in [0, 0.05) is 22.9 Å². The van der Waals surface area contributed by atoms with E-state index >= 15 is 0 Å². The summed E-state index contributed by atoms with van der Waals surface area (Å²) in [5, 5.41) is 4.39. The summed E-state index contributed by atoms with van der Waals surface area (Å²) in [6, 6.07) is 6.29. The first-order chi connectivity index (χ1) is 7.65. The van der Waals surface area contributed by atoms with Gasteiger partial charge in [0.2, 0.25) is 0 Å². The molecule has 0 radical (unpaired) electrons. The molecule has 0 unspecified atom stereocenters. The molecule has 2 rings (SSSR count). The Labute approximate surface area is 107 Å². The van der Waals surface area contributed by atoms with Crippen LogP contribution in [-0.2, 0) is 6.54 Å². The van der Waals surface area contributed by atoms with Gasteiger partial charge in [-0.1, -0.05) is 23.7 Å². The second kappa shape index (κ2) is 4.99. The van der Waals surface area contributed by atoms with Crippen LogP contribution in [0.3, 0.4) is 0 Å². The quantitative estimate of drug-likeness (QED) is 0.862. The highest BCUT2D eigenvalue weighted by molar-refractivity contribution is 8.00.